The zero-order valence-electron chi connectivity index (χ0n) is 14.2. The molecule has 0 aliphatic carbocycles. The molecule has 26 heavy (non-hydrogen) atoms. The summed E-state index contributed by atoms with van der Waals surface area (Å²) in [6.45, 7) is 2.50. The lowest BCUT2D eigenvalue weighted by Gasteiger charge is -2.15. The third-order valence-corrected chi connectivity index (χ3v) is 5.28. The second kappa shape index (κ2) is 7.96. The van der Waals surface area contributed by atoms with Crippen molar-refractivity contribution in [1.82, 2.24) is 9.30 Å². The van der Waals surface area contributed by atoms with Gasteiger partial charge in [0.2, 0.25) is 0 Å². The molecule has 10 heteroatoms. The summed E-state index contributed by atoms with van der Waals surface area (Å²) in [5, 5.41) is -0.833. The van der Waals surface area contributed by atoms with Crippen LogP contribution in [0.1, 0.15) is 13.8 Å². The van der Waals surface area contributed by atoms with Crippen LogP contribution in [0.15, 0.2) is 34.0 Å². The predicted molar refractivity (Wildman–Crippen MR) is 96.2 cm³/mol. The van der Waals surface area contributed by atoms with Crippen LogP contribution in [0.2, 0.25) is 5.02 Å². The highest BCUT2D eigenvalue weighted by Crippen LogP contribution is 2.27. The van der Waals surface area contributed by atoms with Gasteiger partial charge in [0.05, 0.1) is 16.8 Å². The van der Waals surface area contributed by atoms with Gasteiger partial charge in [0.1, 0.15) is 5.82 Å². The van der Waals surface area contributed by atoms with Crippen LogP contribution < -0.4 is 16.1 Å². The minimum Gasteiger partial charge on any atom is -0.333 e. The number of aromatic nitrogens is 2. The van der Waals surface area contributed by atoms with Gasteiger partial charge >= 0.3 is 11.7 Å². The van der Waals surface area contributed by atoms with E-state index in [1.54, 1.807) is 6.92 Å². The first-order chi connectivity index (χ1) is 12.1. The van der Waals surface area contributed by atoms with Gasteiger partial charge in [-0.3, -0.25) is 13.6 Å². The summed E-state index contributed by atoms with van der Waals surface area (Å²) in [5.74, 6) is -1.54. The molecule has 0 saturated heterocycles. The Kier molecular flexibility index (Phi) is 6.14. The number of carbonyl (C=O) groups is 1. The van der Waals surface area contributed by atoms with Crippen LogP contribution in [-0.2, 0) is 22.1 Å². The Morgan fingerprint density at radius 3 is 2.58 bits per heavy atom. The molecule has 0 amide bonds. The topological polar surface area (TPSA) is 87.4 Å². The molecule has 0 bridgehead atoms. The number of hydrogen-bond acceptors (Lipinski definition) is 5. The molecule has 2 atom stereocenters. The van der Waals surface area contributed by atoms with Crippen molar-refractivity contribution >= 4 is 28.4 Å². The smallest absolute Gasteiger partial charge is 0.333 e. The molecule has 0 aliphatic heterocycles. The first kappa shape index (κ1) is 20.1. The van der Waals surface area contributed by atoms with Gasteiger partial charge in [-0.15, -0.1) is 4.73 Å². The SMILES string of the molecule is CC(=O)On1cc(-c2cccc(F)c2Cl)c(=O)n(CC(C)S(C)=O)c1=O. The van der Waals surface area contributed by atoms with E-state index >= 15 is 0 Å². The molecule has 0 N–H and O–H groups in total. The molecule has 0 saturated carbocycles. The molecule has 1 heterocycles. The summed E-state index contributed by atoms with van der Waals surface area (Å²) in [7, 11) is -1.31. The van der Waals surface area contributed by atoms with E-state index in [2.05, 4.69) is 0 Å². The van der Waals surface area contributed by atoms with Crippen LogP contribution in [-0.4, -0.2) is 31.0 Å². The average Bonchev–Trinajstić information content (AvgIpc) is 2.56. The predicted octanol–water partition coefficient (Wildman–Crippen LogP) is 1.21. The van der Waals surface area contributed by atoms with Crippen molar-refractivity contribution in [2.75, 3.05) is 6.26 Å². The van der Waals surface area contributed by atoms with Crippen LogP contribution in [0.3, 0.4) is 0 Å². The average molecular weight is 403 g/mol. The van der Waals surface area contributed by atoms with Crippen molar-refractivity contribution in [3.63, 3.8) is 0 Å². The largest absolute Gasteiger partial charge is 0.364 e. The Labute approximate surface area is 155 Å². The van der Waals surface area contributed by atoms with Gasteiger partial charge in [-0.2, -0.15) is 0 Å². The van der Waals surface area contributed by atoms with Crippen LogP contribution in [0.25, 0.3) is 11.1 Å². The van der Waals surface area contributed by atoms with Crippen LogP contribution in [0, 0.1) is 5.82 Å². The highest BCUT2D eigenvalue weighted by atomic mass is 35.5. The van der Waals surface area contributed by atoms with Crippen LogP contribution >= 0.6 is 11.6 Å². The Morgan fingerprint density at radius 2 is 2.00 bits per heavy atom. The molecule has 0 spiro atoms. The van der Waals surface area contributed by atoms with E-state index in [-0.39, 0.29) is 22.7 Å². The van der Waals surface area contributed by atoms with E-state index in [1.165, 1.54) is 18.4 Å². The molecule has 0 radical (unpaired) electrons. The Balaban J connectivity index is 2.78. The molecular formula is C16H16ClFN2O5S. The fraction of sp³-hybridized carbons (Fsp3) is 0.312. The molecule has 2 unspecified atom stereocenters. The zero-order valence-corrected chi connectivity index (χ0v) is 15.8. The quantitative estimate of drug-likeness (QED) is 0.750. The van der Waals surface area contributed by atoms with Gasteiger partial charge < -0.3 is 4.84 Å². The van der Waals surface area contributed by atoms with Gasteiger partial charge in [0, 0.05) is 41.3 Å². The lowest BCUT2D eigenvalue weighted by Crippen LogP contribution is -2.45. The van der Waals surface area contributed by atoms with Crippen molar-refractivity contribution in [1.29, 1.82) is 0 Å². The van der Waals surface area contributed by atoms with Crippen molar-refractivity contribution in [2.45, 2.75) is 25.6 Å². The first-order valence-corrected chi connectivity index (χ1v) is 9.45. The minimum absolute atomic E-state index is 0.0385. The highest BCUT2D eigenvalue weighted by Gasteiger charge is 2.20. The fourth-order valence-corrected chi connectivity index (χ4v) is 2.79. The number of nitrogens with zero attached hydrogens (tertiary/aromatic N) is 2. The molecule has 1 aromatic carbocycles. The summed E-state index contributed by atoms with van der Waals surface area (Å²) in [5.41, 5.74) is -1.77. The summed E-state index contributed by atoms with van der Waals surface area (Å²) in [6, 6.07) is 3.87. The second-order valence-electron chi connectivity index (χ2n) is 5.56. The zero-order chi connectivity index (χ0) is 19.6. The number of halogens is 2. The number of rotatable bonds is 5. The van der Waals surface area contributed by atoms with Crippen LogP contribution in [0.5, 0.6) is 0 Å². The third kappa shape index (κ3) is 4.10. The summed E-state index contributed by atoms with van der Waals surface area (Å²) in [6.07, 6.45) is 2.42. The van der Waals surface area contributed by atoms with E-state index in [0.29, 0.717) is 4.73 Å². The Hall–Kier alpha value is -2.26. The molecule has 1 aromatic heterocycles. The Morgan fingerprint density at radius 1 is 1.35 bits per heavy atom. The molecule has 2 rings (SSSR count). The summed E-state index contributed by atoms with van der Waals surface area (Å²) >= 11 is 5.94. The summed E-state index contributed by atoms with van der Waals surface area (Å²) in [4.78, 5) is 41.3. The van der Waals surface area contributed by atoms with Gasteiger partial charge in [-0.1, -0.05) is 23.7 Å². The third-order valence-electron chi connectivity index (χ3n) is 3.62. The summed E-state index contributed by atoms with van der Waals surface area (Å²) < 4.78 is 26.7. The lowest BCUT2D eigenvalue weighted by molar-refractivity contribution is -0.142. The van der Waals surface area contributed by atoms with Crippen molar-refractivity contribution < 1.29 is 18.2 Å². The molecule has 0 fully saturated rings. The van der Waals surface area contributed by atoms with E-state index in [4.69, 9.17) is 16.4 Å². The van der Waals surface area contributed by atoms with E-state index in [9.17, 15) is 23.0 Å². The minimum atomic E-state index is -1.31. The molecule has 140 valence electrons. The molecule has 7 nitrogen and oxygen atoms in total. The standard InChI is InChI=1S/C16H16ClFN2O5S/c1-9(26(3)24)7-19-15(22)12(8-20(16(19)23)25-10(2)21)11-5-4-6-13(18)14(11)17/h4-6,8-9H,7H2,1-3H3. The maximum absolute atomic E-state index is 13.8. The van der Waals surface area contributed by atoms with Gasteiger partial charge in [-0.05, 0) is 13.0 Å². The Bertz CT molecular complexity index is 1000. The van der Waals surface area contributed by atoms with Gasteiger partial charge in [0.15, 0.2) is 0 Å². The van der Waals surface area contributed by atoms with E-state index in [1.807, 2.05) is 0 Å². The molecule has 0 aliphatic rings. The van der Waals surface area contributed by atoms with Crippen LogP contribution in [0.4, 0.5) is 4.39 Å². The highest BCUT2D eigenvalue weighted by molar-refractivity contribution is 7.84. The second-order valence-corrected chi connectivity index (χ2v) is 7.74. The maximum atomic E-state index is 13.8. The van der Waals surface area contributed by atoms with E-state index < -0.39 is 39.1 Å². The maximum Gasteiger partial charge on any atom is 0.364 e. The van der Waals surface area contributed by atoms with Crippen molar-refractivity contribution in [2.24, 2.45) is 0 Å². The normalized spacial score (nSPS) is 13.3. The molecule has 2 aromatic rings. The number of benzene rings is 1. The van der Waals surface area contributed by atoms with Gasteiger partial charge in [-0.25, -0.2) is 14.0 Å². The number of hydrogen-bond donors (Lipinski definition) is 0. The van der Waals surface area contributed by atoms with Crippen molar-refractivity contribution in [3.05, 3.63) is 56.1 Å². The first-order valence-electron chi connectivity index (χ1n) is 7.45. The van der Waals surface area contributed by atoms with Gasteiger partial charge in [0.25, 0.3) is 5.56 Å². The van der Waals surface area contributed by atoms with E-state index in [0.717, 1.165) is 23.8 Å². The van der Waals surface area contributed by atoms with Crippen molar-refractivity contribution in [3.8, 4) is 11.1 Å². The fourth-order valence-electron chi connectivity index (χ4n) is 2.20. The molecular weight excluding hydrogens is 387 g/mol. The number of carbonyl (C=O) groups excluding carboxylic acids is 1. The lowest BCUT2D eigenvalue weighted by atomic mass is 10.1. The monoisotopic (exact) mass is 402 g/mol.